The van der Waals surface area contributed by atoms with E-state index in [1.807, 2.05) is 0 Å². The van der Waals surface area contributed by atoms with Gasteiger partial charge in [-0.1, -0.05) is 108 Å². The number of carbonyl (C=O) groups excluding carboxylic acids is 1. The quantitative estimate of drug-likeness (QED) is 0.163. The molecule has 4 saturated carbocycles. The van der Waals surface area contributed by atoms with E-state index in [9.17, 15) is 4.79 Å². The van der Waals surface area contributed by atoms with Gasteiger partial charge in [0.2, 0.25) is 0 Å². The summed E-state index contributed by atoms with van der Waals surface area (Å²) in [4.78, 5) is 11.1. The van der Waals surface area contributed by atoms with Crippen LogP contribution in [0.3, 0.4) is 0 Å². The van der Waals surface area contributed by atoms with Gasteiger partial charge in [0.15, 0.2) is 6.29 Å². The van der Waals surface area contributed by atoms with Gasteiger partial charge < -0.3 is 24.1 Å². The van der Waals surface area contributed by atoms with Crippen LogP contribution in [0, 0.1) is 11.8 Å². The monoisotopic (exact) mass is 872 g/mol. The van der Waals surface area contributed by atoms with E-state index in [2.05, 4.69) is 87.3 Å². The number of hydrogen-bond acceptors (Lipinski definition) is 5. The Labute approximate surface area is 354 Å². The molecular weight excluding hydrogens is 794 g/mol. The number of ether oxygens (including phenoxy) is 3. The van der Waals surface area contributed by atoms with Crippen LogP contribution in [-0.2, 0) is 53.1 Å². The molecule has 4 aliphatic carbocycles. The van der Waals surface area contributed by atoms with E-state index in [-0.39, 0.29) is 54.0 Å². The van der Waals surface area contributed by atoms with Crippen LogP contribution >= 0.6 is 14.5 Å². The fourth-order valence-corrected chi connectivity index (χ4v) is 15.7. The van der Waals surface area contributed by atoms with Crippen LogP contribution < -0.4 is 10.6 Å². The fraction of sp³-hybridized carbons (Fsp3) is 0.711. The first-order valence-electron chi connectivity index (χ1n) is 20.2. The zero-order chi connectivity index (χ0) is 37.0. The molecule has 1 saturated heterocycles. The molecule has 1 aliphatic heterocycles. The van der Waals surface area contributed by atoms with Crippen LogP contribution in [-0.4, -0.2) is 89.2 Å². The second kappa shape index (κ2) is 30.0. The Balaban J connectivity index is 0.000000783. The Kier molecular flexibility index (Phi) is 29.9. The molecule has 5 fully saturated rings. The first-order valence-corrected chi connectivity index (χ1v) is 25.7. The number of hydrogen-bond donors (Lipinski definition) is 1. The summed E-state index contributed by atoms with van der Waals surface area (Å²) in [6.07, 6.45) is 24.7. The van der Waals surface area contributed by atoms with E-state index >= 15 is 0 Å². The van der Waals surface area contributed by atoms with Gasteiger partial charge in [0.25, 0.3) is 0 Å². The number of methoxy groups -OCH3 is 1. The molecule has 6 atom stereocenters. The van der Waals surface area contributed by atoms with E-state index in [1.165, 1.54) is 113 Å². The standard InChI is InChI=1S/C19H30O3P.C14H20OP.2C5H10.CH4O.CH4.2Fe/c1-20-14-15-12-13-21-19(22-15)17-10-7-11-18(17)23(2,3)16-8-5-4-6-9-16;1-16(2,13-8-4-3-5-9-13)14-10-6-7-12(14)11-15;2*1-2-4-5-3-1;1-2;;;/h4-6,8-9,15,17-19H,7,10-14H2,1-3H3;3-5,8-9,11-12,14H,6-7,10H2,1-2H3;2*1-5H2;2H,1H3;1H4;;/q2*+1;;;;;;/t15-,17?,18?,19-;;;;;;;/m0......./s1. The Morgan fingerprint density at radius 1 is 0.648 bits per heavy atom. The van der Waals surface area contributed by atoms with E-state index in [1.54, 1.807) is 7.11 Å². The summed E-state index contributed by atoms with van der Waals surface area (Å²) in [7, 11) is 0.408. The average molecular weight is 873 g/mol. The molecule has 312 valence electrons. The smallest absolute Gasteiger partial charge is 0.164 e. The number of carbonyl (C=O) groups is 1. The molecule has 9 heteroatoms. The van der Waals surface area contributed by atoms with Crippen molar-refractivity contribution in [3.05, 3.63) is 60.7 Å². The summed E-state index contributed by atoms with van der Waals surface area (Å²) in [5.74, 6) is 0.835. The molecule has 0 amide bonds. The molecule has 0 spiro atoms. The molecule has 2 aromatic rings. The van der Waals surface area contributed by atoms with Crippen molar-refractivity contribution in [2.45, 2.75) is 140 Å². The summed E-state index contributed by atoms with van der Waals surface area (Å²) < 4.78 is 17.6. The number of benzene rings is 2. The molecule has 4 unspecified atom stereocenters. The van der Waals surface area contributed by atoms with Gasteiger partial charge in [-0.2, -0.15) is 0 Å². The van der Waals surface area contributed by atoms with E-state index in [0.717, 1.165) is 26.6 Å². The van der Waals surface area contributed by atoms with Crippen molar-refractivity contribution >= 4 is 31.4 Å². The topological polar surface area (TPSA) is 65.0 Å². The van der Waals surface area contributed by atoms with Crippen molar-refractivity contribution in [1.82, 2.24) is 0 Å². The normalized spacial score (nSPS) is 25.8. The number of rotatable bonds is 8. The Hall–Kier alpha value is -0.151. The first-order chi connectivity index (χ1) is 24.8. The largest absolute Gasteiger partial charge is 0.400 e. The maximum Gasteiger partial charge on any atom is 0.164 e. The summed E-state index contributed by atoms with van der Waals surface area (Å²) in [6.45, 7) is 11.2. The van der Waals surface area contributed by atoms with Crippen molar-refractivity contribution in [2.75, 3.05) is 54.1 Å². The van der Waals surface area contributed by atoms with Crippen molar-refractivity contribution in [1.29, 1.82) is 0 Å². The van der Waals surface area contributed by atoms with Gasteiger partial charge in [-0.05, 0) is 69.2 Å². The number of aliphatic hydroxyl groups is 1. The molecule has 1 heterocycles. The van der Waals surface area contributed by atoms with Gasteiger partial charge in [-0.15, -0.1) is 0 Å². The molecule has 2 aromatic carbocycles. The van der Waals surface area contributed by atoms with Crippen molar-refractivity contribution in [3.8, 4) is 0 Å². The maximum atomic E-state index is 11.1. The minimum atomic E-state index is -1.19. The van der Waals surface area contributed by atoms with Crippen LogP contribution in [0.2, 0.25) is 0 Å². The molecule has 1 N–H and O–H groups in total. The molecule has 5 aliphatic rings. The summed E-state index contributed by atoms with van der Waals surface area (Å²) in [5, 5.41) is 10.00. The number of aliphatic hydroxyl groups excluding tert-OH is 1. The predicted octanol–water partition coefficient (Wildman–Crippen LogP) is 10.6. The molecule has 5 nitrogen and oxygen atoms in total. The molecule has 54 heavy (non-hydrogen) atoms. The third-order valence-electron chi connectivity index (χ3n) is 12.0. The van der Waals surface area contributed by atoms with Gasteiger partial charge >= 0.3 is 0 Å². The average Bonchev–Trinajstić information content (AvgIpc) is 4.03. The molecule has 0 aromatic heterocycles. The van der Waals surface area contributed by atoms with Crippen molar-refractivity contribution in [3.63, 3.8) is 0 Å². The van der Waals surface area contributed by atoms with Gasteiger partial charge in [0, 0.05) is 68.8 Å². The maximum absolute atomic E-state index is 11.1. The van der Waals surface area contributed by atoms with E-state index in [4.69, 9.17) is 19.3 Å². The summed E-state index contributed by atoms with van der Waals surface area (Å²) in [5.41, 5.74) is 1.32. The van der Waals surface area contributed by atoms with Gasteiger partial charge in [0.05, 0.1) is 73.8 Å². The predicted molar refractivity (Wildman–Crippen MR) is 230 cm³/mol. The minimum absolute atomic E-state index is 0. The Morgan fingerprint density at radius 2 is 1.07 bits per heavy atom. The minimum Gasteiger partial charge on any atom is -0.400 e. The van der Waals surface area contributed by atoms with Crippen LogP contribution in [0.1, 0.15) is 117 Å². The summed E-state index contributed by atoms with van der Waals surface area (Å²) >= 11 is 0. The third-order valence-corrected chi connectivity index (χ3v) is 19.8. The van der Waals surface area contributed by atoms with E-state index in [0.29, 0.717) is 29.8 Å². The molecule has 0 radical (unpaired) electrons. The van der Waals surface area contributed by atoms with Crippen LogP contribution in [0.4, 0.5) is 0 Å². The van der Waals surface area contributed by atoms with Gasteiger partial charge in [0.1, 0.15) is 6.29 Å². The van der Waals surface area contributed by atoms with Gasteiger partial charge in [-0.3, -0.25) is 0 Å². The second-order valence-electron chi connectivity index (χ2n) is 16.0. The van der Waals surface area contributed by atoms with Gasteiger partial charge in [-0.25, -0.2) is 0 Å². The fourth-order valence-electron chi connectivity index (χ4n) is 8.94. The summed E-state index contributed by atoms with van der Waals surface area (Å²) in [6, 6.07) is 21.8. The zero-order valence-electron chi connectivity index (χ0n) is 33.9. The first kappa shape index (κ1) is 53.8. The van der Waals surface area contributed by atoms with Crippen LogP contribution in [0.25, 0.3) is 0 Å². The van der Waals surface area contributed by atoms with Crippen LogP contribution in [0.5, 0.6) is 0 Å². The van der Waals surface area contributed by atoms with Crippen LogP contribution in [0.15, 0.2) is 60.7 Å². The molecule has 0 bridgehead atoms. The SMILES string of the molecule is C.C1CCCC1.C1CCCC1.CO.COC[C@@H]1CCO[C@H](C2CCCC2[P+](C)(C)c2ccccc2)O1.C[P+](C)(c1ccccc1)C1CCCC1C=O.[Fe].[Fe]. The van der Waals surface area contributed by atoms with E-state index < -0.39 is 14.5 Å². The van der Waals surface area contributed by atoms with Crippen molar-refractivity contribution < 1.29 is 58.2 Å². The molecular formula is C45H78Fe2O5P2+2. The zero-order valence-corrected chi connectivity index (χ0v) is 37.9. The Bertz CT molecular complexity index is 1150. The molecule has 7 rings (SSSR count). The number of aldehydes is 1. The second-order valence-corrected chi connectivity index (χ2v) is 24.5. The Morgan fingerprint density at radius 3 is 1.52 bits per heavy atom. The third kappa shape index (κ3) is 17.0. The van der Waals surface area contributed by atoms with Crippen molar-refractivity contribution in [2.24, 2.45) is 11.8 Å².